The van der Waals surface area contributed by atoms with Crippen LogP contribution < -0.4 is 0 Å². The lowest BCUT2D eigenvalue weighted by Crippen LogP contribution is -2.05. The highest BCUT2D eigenvalue weighted by Gasteiger charge is 2.03. The van der Waals surface area contributed by atoms with Gasteiger partial charge in [-0.1, -0.05) is 52.4 Å². The van der Waals surface area contributed by atoms with Crippen LogP contribution in [-0.2, 0) is 23.6 Å². The fourth-order valence-electron chi connectivity index (χ4n) is 2.05. The highest BCUT2D eigenvalue weighted by molar-refractivity contribution is 7.45. The average Bonchev–Trinajstić information content (AvgIpc) is 2.56. The van der Waals surface area contributed by atoms with Gasteiger partial charge in [-0.3, -0.25) is 9.59 Å². The second-order valence-corrected chi connectivity index (χ2v) is 7.31. The van der Waals surface area contributed by atoms with Crippen molar-refractivity contribution in [2.45, 2.75) is 90.9 Å². The summed E-state index contributed by atoms with van der Waals surface area (Å²) >= 11 is 0. The lowest BCUT2D eigenvalue weighted by atomic mass is 10.1. The Labute approximate surface area is 162 Å². The maximum Gasteiger partial charge on any atom is 0.466 e. The first-order chi connectivity index (χ1) is 12.7. The zero-order chi connectivity index (χ0) is 21.0. The van der Waals surface area contributed by atoms with E-state index >= 15 is 0 Å². The quantitative estimate of drug-likeness (QED) is 0.210. The van der Waals surface area contributed by atoms with Crippen molar-refractivity contribution in [3.63, 3.8) is 0 Å². The predicted molar refractivity (Wildman–Crippen MR) is 103 cm³/mol. The summed E-state index contributed by atoms with van der Waals surface area (Å²) in [4.78, 5) is 44.3. The summed E-state index contributed by atoms with van der Waals surface area (Å²) in [5, 5.41) is 0. The Bertz CT molecular complexity index is 372. The van der Waals surface area contributed by atoms with Crippen LogP contribution in [0.2, 0.25) is 0 Å². The third-order valence-corrected chi connectivity index (χ3v) is 3.53. The smallest absolute Gasteiger partial charge is 0.466 e. The van der Waals surface area contributed by atoms with Crippen molar-refractivity contribution in [1.82, 2.24) is 0 Å². The molecule has 0 amide bonds. The number of unbranched alkanes of at least 4 members (excludes halogenated alkanes) is 7. The Morgan fingerprint density at radius 3 is 1.26 bits per heavy atom. The van der Waals surface area contributed by atoms with Gasteiger partial charge in [0, 0.05) is 12.8 Å². The van der Waals surface area contributed by atoms with E-state index in [4.69, 9.17) is 28.7 Å². The Morgan fingerprint density at radius 2 is 0.963 bits per heavy atom. The molecule has 0 saturated carbocycles. The molecule has 0 saturated heterocycles. The minimum absolute atomic E-state index is 0.0664. The van der Waals surface area contributed by atoms with Crippen molar-refractivity contribution in [1.29, 1.82) is 0 Å². The van der Waals surface area contributed by atoms with E-state index in [2.05, 4.69) is 13.8 Å². The van der Waals surface area contributed by atoms with Gasteiger partial charge in [0.2, 0.25) is 0 Å². The van der Waals surface area contributed by atoms with Gasteiger partial charge >= 0.3 is 19.8 Å². The van der Waals surface area contributed by atoms with Crippen LogP contribution >= 0.6 is 7.82 Å². The standard InChI is InChI=1S/C18H34O4.H3O4P/c1-3-5-15-21-17(19)13-11-9-7-8-10-12-14-18(20)22-16-6-4-2;1-5(2,3)4/h3-16H2,1-2H3;(H3,1,2,3,4). The van der Waals surface area contributed by atoms with Gasteiger partial charge in [-0.25, -0.2) is 4.57 Å². The maximum absolute atomic E-state index is 11.4. The zero-order valence-corrected chi connectivity index (χ0v) is 17.6. The highest BCUT2D eigenvalue weighted by atomic mass is 31.2. The van der Waals surface area contributed by atoms with Gasteiger partial charge < -0.3 is 24.2 Å². The Kier molecular flexibility index (Phi) is 20.7. The van der Waals surface area contributed by atoms with E-state index < -0.39 is 7.82 Å². The molecule has 8 nitrogen and oxygen atoms in total. The Hall–Kier alpha value is -0.950. The number of carbonyl (C=O) groups excluding carboxylic acids is 2. The van der Waals surface area contributed by atoms with Crippen molar-refractivity contribution in [3.05, 3.63) is 0 Å². The molecule has 0 atom stereocenters. The number of hydrogen-bond acceptors (Lipinski definition) is 5. The average molecular weight is 412 g/mol. The van der Waals surface area contributed by atoms with Crippen molar-refractivity contribution in [2.24, 2.45) is 0 Å². The van der Waals surface area contributed by atoms with Crippen molar-refractivity contribution in [3.8, 4) is 0 Å². The van der Waals surface area contributed by atoms with Gasteiger partial charge in [0.25, 0.3) is 0 Å². The van der Waals surface area contributed by atoms with Crippen LogP contribution in [0.4, 0.5) is 0 Å². The van der Waals surface area contributed by atoms with Crippen LogP contribution in [-0.4, -0.2) is 39.8 Å². The molecule has 0 aromatic carbocycles. The SMILES string of the molecule is CCCCOC(=O)CCCCCCCCC(=O)OCCCC.O=P(O)(O)O. The minimum atomic E-state index is -4.64. The van der Waals surface area contributed by atoms with Crippen LogP contribution in [0.5, 0.6) is 0 Å². The maximum atomic E-state index is 11.4. The van der Waals surface area contributed by atoms with Gasteiger partial charge in [-0.15, -0.1) is 0 Å². The summed E-state index contributed by atoms with van der Waals surface area (Å²) in [6, 6.07) is 0. The second kappa shape index (κ2) is 19.8. The van der Waals surface area contributed by atoms with Gasteiger partial charge in [0.05, 0.1) is 13.2 Å². The third-order valence-electron chi connectivity index (χ3n) is 3.53. The largest absolute Gasteiger partial charge is 0.466 e. The normalized spacial score (nSPS) is 10.7. The Balaban J connectivity index is 0. The van der Waals surface area contributed by atoms with E-state index in [0.717, 1.165) is 64.2 Å². The van der Waals surface area contributed by atoms with Crippen molar-refractivity contribution >= 4 is 19.8 Å². The van der Waals surface area contributed by atoms with E-state index in [0.29, 0.717) is 26.1 Å². The topological polar surface area (TPSA) is 130 Å². The third kappa shape index (κ3) is 33.1. The van der Waals surface area contributed by atoms with Crippen LogP contribution in [0.25, 0.3) is 0 Å². The fourth-order valence-corrected chi connectivity index (χ4v) is 2.05. The predicted octanol–water partition coefficient (Wildman–Crippen LogP) is 3.87. The molecule has 0 aromatic rings. The van der Waals surface area contributed by atoms with E-state index in [1.54, 1.807) is 0 Å². The molecule has 0 bridgehead atoms. The zero-order valence-electron chi connectivity index (χ0n) is 16.7. The molecule has 0 aliphatic heterocycles. The van der Waals surface area contributed by atoms with E-state index in [9.17, 15) is 9.59 Å². The van der Waals surface area contributed by atoms with Crippen molar-refractivity contribution < 1.29 is 38.3 Å². The molecule has 0 aliphatic rings. The lowest BCUT2D eigenvalue weighted by molar-refractivity contribution is -0.144. The number of carbonyl (C=O) groups is 2. The summed E-state index contributed by atoms with van der Waals surface area (Å²) < 4.78 is 19.1. The van der Waals surface area contributed by atoms with Gasteiger partial charge in [-0.05, 0) is 25.7 Å². The fraction of sp³-hybridized carbons (Fsp3) is 0.889. The molecule has 0 fully saturated rings. The molecule has 27 heavy (non-hydrogen) atoms. The van der Waals surface area contributed by atoms with E-state index in [1.807, 2.05) is 0 Å². The molecule has 0 rings (SSSR count). The molecule has 0 aliphatic carbocycles. The highest BCUT2D eigenvalue weighted by Crippen LogP contribution is 2.25. The molecule has 9 heteroatoms. The second-order valence-electron chi connectivity index (χ2n) is 6.28. The molecule has 0 heterocycles. The summed E-state index contributed by atoms with van der Waals surface area (Å²) in [5.41, 5.74) is 0. The molecule has 3 N–H and O–H groups in total. The summed E-state index contributed by atoms with van der Waals surface area (Å²) in [5.74, 6) is -0.133. The molecular weight excluding hydrogens is 375 g/mol. The summed E-state index contributed by atoms with van der Waals surface area (Å²) in [7, 11) is -4.64. The number of hydrogen-bond donors (Lipinski definition) is 3. The Morgan fingerprint density at radius 1 is 0.667 bits per heavy atom. The number of esters is 2. The first-order valence-electron chi connectivity index (χ1n) is 9.80. The lowest BCUT2D eigenvalue weighted by Gasteiger charge is -2.05. The van der Waals surface area contributed by atoms with Gasteiger partial charge in [0.1, 0.15) is 0 Å². The van der Waals surface area contributed by atoms with Crippen LogP contribution in [0, 0.1) is 0 Å². The van der Waals surface area contributed by atoms with Crippen LogP contribution in [0.15, 0.2) is 0 Å². The minimum Gasteiger partial charge on any atom is -0.466 e. The molecule has 0 radical (unpaired) electrons. The number of phosphoric acid groups is 1. The molecule has 0 aromatic heterocycles. The summed E-state index contributed by atoms with van der Waals surface area (Å²) in [6.45, 7) is 5.28. The monoisotopic (exact) mass is 412 g/mol. The number of ether oxygens (including phenoxy) is 2. The van der Waals surface area contributed by atoms with Crippen LogP contribution in [0.3, 0.4) is 0 Å². The molecule has 0 spiro atoms. The molecule has 162 valence electrons. The molecular formula is C18H37O8P. The number of rotatable bonds is 15. The van der Waals surface area contributed by atoms with Crippen LogP contribution in [0.1, 0.15) is 90.9 Å². The van der Waals surface area contributed by atoms with Crippen molar-refractivity contribution in [2.75, 3.05) is 13.2 Å². The van der Waals surface area contributed by atoms with E-state index in [-0.39, 0.29) is 11.9 Å². The summed E-state index contributed by atoms with van der Waals surface area (Å²) in [6.07, 6.45) is 11.3. The van der Waals surface area contributed by atoms with Gasteiger partial charge in [0.15, 0.2) is 0 Å². The van der Waals surface area contributed by atoms with Gasteiger partial charge in [-0.2, -0.15) is 0 Å². The first kappa shape index (κ1) is 28.3. The molecule has 0 unspecified atom stereocenters. The van der Waals surface area contributed by atoms with E-state index in [1.165, 1.54) is 0 Å². The first-order valence-corrected chi connectivity index (χ1v) is 11.4.